The fourth-order valence-electron chi connectivity index (χ4n) is 9.56. The number of fused-ring (bicyclic) bond motifs is 7. The summed E-state index contributed by atoms with van der Waals surface area (Å²) < 4.78 is 12.6. The van der Waals surface area contributed by atoms with Crippen molar-refractivity contribution in [2.45, 2.75) is 124 Å². The van der Waals surface area contributed by atoms with Crippen molar-refractivity contribution in [3.63, 3.8) is 0 Å². The first-order valence-electron chi connectivity index (χ1n) is 15.6. The van der Waals surface area contributed by atoms with E-state index in [1.165, 1.54) is 37.0 Å². The number of carbonyl (C=O) groups excluding carboxylic acids is 2. The van der Waals surface area contributed by atoms with Gasteiger partial charge in [-0.05, 0) is 98.4 Å². The molecule has 0 aromatic carbocycles. The highest BCUT2D eigenvalue weighted by molar-refractivity contribution is 5.72. The molecule has 3 saturated carbocycles. The highest BCUT2D eigenvalue weighted by Gasteiger charge is 2.63. The Balaban J connectivity index is 1.26. The van der Waals surface area contributed by atoms with Crippen LogP contribution in [0.3, 0.4) is 0 Å². The Bertz CT molecular complexity index is 999. The third-order valence-electron chi connectivity index (χ3n) is 11.6. The van der Waals surface area contributed by atoms with E-state index in [2.05, 4.69) is 39.1 Å². The molecule has 1 N–H and O–H groups in total. The van der Waals surface area contributed by atoms with E-state index in [1.54, 1.807) is 12.5 Å². The average Bonchev–Trinajstić information content (AvgIpc) is 3.34. The zero-order valence-corrected chi connectivity index (χ0v) is 24.7. The van der Waals surface area contributed by atoms with E-state index in [1.807, 2.05) is 6.92 Å². The van der Waals surface area contributed by atoms with E-state index in [9.17, 15) is 9.59 Å². The molecule has 0 unspecified atom stereocenters. The number of rotatable bonds is 8. The summed E-state index contributed by atoms with van der Waals surface area (Å²) in [6.07, 6.45) is 14.5. The lowest BCUT2D eigenvalue weighted by molar-refractivity contribution is -0.151. The Morgan fingerprint density at radius 2 is 2.00 bits per heavy atom. The largest absolute Gasteiger partial charge is 0.494 e. The van der Waals surface area contributed by atoms with Crippen LogP contribution >= 0.6 is 0 Å². The zero-order valence-electron chi connectivity index (χ0n) is 24.7. The number of hydrogen-bond acceptors (Lipinski definition) is 4. The smallest absolute Gasteiger partial charge is 0.306 e. The first-order chi connectivity index (χ1) is 18.1. The van der Waals surface area contributed by atoms with Gasteiger partial charge in [0.25, 0.3) is 0 Å². The molecule has 0 aromatic heterocycles. The van der Waals surface area contributed by atoms with Gasteiger partial charge >= 0.3 is 5.97 Å². The lowest BCUT2D eigenvalue weighted by atomic mass is 9.47. The molecule has 38 heavy (non-hydrogen) atoms. The molecule has 1 amide bonds. The van der Waals surface area contributed by atoms with Crippen LogP contribution in [0.2, 0.25) is 0 Å². The SMILES string of the molecule is CCCC(=O)O[C@@H]1CC[C@@]2(C)C(=CC[C@H]3[C@@H]4C[C@H]5OC(CC[C@H](C)CNC(C)=O)=C(C)[C@@H]5[C@@]4(C)CC[C@@H]32)C1. The molecule has 5 rings (SSSR count). The topological polar surface area (TPSA) is 64.6 Å². The number of allylic oxidation sites excluding steroid dienone is 2. The van der Waals surface area contributed by atoms with Gasteiger partial charge in [-0.1, -0.05) is 39.3 Å². The zero-order chi connectivity index (χ0) is 27.2. The Morgan fingerprint density at radius 3 is 2.74 bits per heavy atom. The van der Waals surface area contributed by atoms with E-state index in [-0.39, 0.29) is 23.4 Å². The molecule has 0 saturated heterocycles. The van der Waals surface area contributed by atoms with E-state index in [4.69, 9.17) is 9.47 Å². The third kappa shape index (κ3) is 4.85. The van der Waals surface area contributed by atoms with Gasteiger partial charge in [0.05, 0.1) is 5.76 Å². The van der Waals surface area contributed by atoms with Crippen LogP contribution in [0.4, 0.5) is 0 Å². The summed E-state index contributed by atoms with van der Waals surface area (Å²) in [5.74, 6) is 4.49. The number of nitrogens with one attached hydrogen (secondary N) is 1. The summed E-state index contributed by atoms with van der Waals surface area (Å²) in [6.45, 7) is 14.0. The van der Waals surface area contributed by atoms with Crippen LogP contribution in [-0.4, -0.2) is 30.6 Å². The molecule has 0 aromatic rings. The molecule has 212 valence electrons. The Labute approximate surface area is 230 Å². The van der Waals surface area contributed by atoms with Crippen molar-refractivity contribution < 1.29 is 19.1 Å². The van der Waals surface area contributed by atoms with Crippen molar-refractivity contribution in [2.75, 3.05) is 6.54 Å². The molecule has 1 heterocycles. The maximum atomic E-state index is 12.1. The normalized spacial score (nSPS) is 40.2. The molecule has 0 bridgehead atoms. The Morgan fingerprint density at radius 1 is 1.21 bits per heavy atom. The predicted molar refractivity (Wildman–Crippen MR) is 150 cm³/mol. The average molecular weight is 526 g/mol. The highest BCUT2D eigenvalue weighted by atomic mass is 16.5. The fraction of sp³-hybridized carbons (Fsp3) is 0.818. The maximum Gasteiger partial charge on any atom is 0.306 e. The molecule has 5 aliphatic rings. The van der Waals surface area contributed by atoms with Crippen LogP contribution in [0, 0.1) is 40.4 Å². The van der Waals surface area contributed by atoms with Crippen LogP contribution in [0.5, 0.6) is 0 Å². The minimum absolute atomic E-state index is 0.0219. The minimum Gasteiger partial charge on any atom is -0.494 e. The lowest BCUT2D eigenvalue weighted by Crippen LogP contribution is -2.50. The highest BCUT2D eigenvalue weighted by Crippen LogP contribution is 2.69. The number of amides is 1. The summed E-state index contributed by atoms with van der Waals surface area (Å²) in [5, 5.41) is 2.96. The van der Waals surface area contributed by atoms with Gasteiger partial charge < -0.3 is 14.8 Å². The van der Waals surface area contributed by atoms with Crippen molar-refractivity contribution in [2.24, 2.45) is 40.4 Å². The van der Waals surface area contributed by atoms with Crippen molar-refractivity contribution in [3.05, 3.63) is 23.0 Å². The third-order valence-corrected chi connectivity index (χ3v) is 11.6. The number of ether oxygens (including phenoxy) is 2. The van der Waals surface area contributed by atoms with Crippen molar-refractivity contribution in [1.29, 1.82) is 0 Å². The van der Waals surface area contributed by atoms with Crippen LogP contribution in [0.1, 0.15) is 112 Å². The van der Waals surface area contributed by atoms with E-state index >= 15 is 0 Å². The molecule has 5 nitrogen and oxygen atoms in total. The van der Waals surface area contributed by atoms with Crippen molar-refractivity contribution in [3.8, 4) is 0 Å². The van der Waals surface area contributed by atoms with E-state index < -0.39 is 0 Å². The van der Waals surface area contributed by atoms with Gasteiger partial charge in [-0.3, -0.25) is 9.59 Å². The van der Waals surface area contributed by atoms with Gasteiger partial charge in [0.2, 0.25) is 5.91 Å². The minimum atomic E-state index is -0.0219. The standard InChI is InChI=1S/C33H51NO4/c1-7-8-30(36)37-24-13-15-32(5)23(17-24)10-11-25-26(32)14-16-33(6)27(25)18-29-31(33)21(3)28(38-29)12-9-20(2)19-34-22(4)35/h10,20,24-27,29,31H,7-9,11-19H2,1-6H3,(H,34,35)/t20-,24+,25+,26-,27-,29+,31-,32-,33-/m0/s1. The maximum absolute atomic E-state index is 12.1. The molecule has 4 aliphatic carbocycles. The summed E-state index contributed by atoms with van der Waals surface area (Å²) in [4.78, 5) is 23.4. The Hall–Kier alpha value is -1.78. The second-order valence-electron chi connectivity index (χ2n) is 14.0. The van der Waals surface area contributed by atoms with Crippen LogP contribution in [0.15, 0.2) is 23.0 Å². The summed E-state index contributed by atoms with van der Waals surface area (Å²) in [7, 11) is 0. The molecule has 1 aliphatic heterocycles. The second-order valence-corrected chi connectivity index (χ2v) is 14.0. The summed E-state index contributed by atoms with van der Waals surface area (Å²) >= 11 is 0. The molecule has 0 spiro atoms. The molecular weight excluding hydrogens is 474 g/mol. The first-order valence-corrected chi connectivity index (χ1v) is 15.6. The quantitative estimate of drug-likeness (QED) is 0.271. The van der Waals surface area contributed by atoms with Gasteiger partial charge in [-0.15, -0.1) is 0 Å². The number of hydrogen-bond donors (Lipinski definition) is 1. The first kappa shape index (κ1) is 27.8. The fourth-order valence-corrected chi connectivity index (χ4v) is 9.56. The number of esters is 1. The predicted octanol–water partition coefficient (Wildman–Crippen LogP) is 7.11. The monoisotopic (exact) mass is 525 g/mol. The van der Waals surface area contributed by atoms with Crippen molar-refractivity contribution >= 4 is 11.9 Å². The van der Waals surface area contributed by atoms with Gasteiger partial charge in [0.1, 0.15) is 12.2 Å². The Kier molecular flexibility index (Phi) is 7.79. The van der Waals surface area contributed by atoms with Crippen LogP contribution in [0.25, 0.3) is 0 Å². The van der Waals surface area contributed by atoms with Crippen molar-refractivity contribution in [1.82, 2.24) is 5.32 Å². The summed E-state index contributed by atoms with van der Waals surface area (Å²) in [6, 6.07) is 0. The summed E-state index contributed by atoms with van der Waals surface area (Å²) in [5.41, 5.74) is 3.67. The molecule has 3 fully saturated rings. The van der Waals surface area contributed by atoms with Gasteiger partial charge in [0.15, 0.2) is 0 Å². The van der Waals surface area contributed by atoms with Gasteiger partial charge in [0, 0.05) is 38.6 Å². The second kappa shape index (κ2) is 10.7. The molecular formula is C33H51NO4. The molecule has 9 atom stereocenters. The van der Waals surface area contributed by atoms with Crippen LogP contribution in [-0.2, 0) is 19.1 Å². The van der Waals surface area contributed by atoms with Gasteiger partial charge in [-0.25, -0.2) is 0 Å². The molecule has 5 heteroatoms. The lowest BCUT2D eigenvalue weighted by Gasteiger charge is -2.58. The molecule has 0 radical (unpaired) electrons. The van der Waals surface area contributed by atoms with Gasteiger partial charge in [-0.2, -0.15) is 0 Å². The van der Waals surface area contributed by atoms with Crippen LogP contribution < -0.4 is 5.32 Å². The van der Waals surface area contributed by atoms with E-state index in [0.717, 1.165) is 62.8 Å². The number of carbonyl (C=O) groups is 2. The van der Waals surface area contributed by atoms with E-state index in [0.29, 0.717) is 29.8 Å².